The quantitative estimate of drug-likeness (QED) is 0.0505. The normalized spacial score (nSPS) is 17.9. The van der Waals surface area contributed by atoms with E-state index in [9.17, 15) is 23.9 Å². The number of benzene rings is 3. The maximum atomic E-state index is 15.7. The molecule has 6 atom stereocenters. The molecule has 5 N–H and O–H groups in total. The van der Waals surface area contributed by atoms with Gasteiger partial charge in [0.25, 0.3) is 6.33 Å². The summed E-state index contributed by atoms with van der Waals surface area (Å²) in [6.45, 7) is 9.34. The lowest BCUT2D eigenvalue weighted by molar-refractivity contribution is -0.753. The fourth-order valence-corrected chi connectivity index (χ4v) is 9.63. The van der Waals surface area contributed by atoms with Crippen molar-refractivity contribution in [2.75, 3.05) is 67.7 Å². The lowest BCUT2D eigenvalue weighted by Gasteiger charge is -2.37. The number of pyridine rings is 1. The molecule has 0 saturated carbocycles. The monoisotopic (exact) mass is 1090 g/mol. The van der Waals surface area contributed by atoms with Crippen LogP contribution in [0.5, 0.6) is 5.75 Å². The molecule has 0 radical (unpaired) electrons. The minimum atomic E-state index is -1.24. The number of aromatic nitrogens is 7. The van der Waals surface area contributed by atoms with E-state index in [1.54, 1.807) is 41.6 Å². The van der Waals surface area contributed by atoms with Crippen LogP contribution < -0.4 is 53.6 Å². The highest BCUT2D eigenvalue weighted by Gasteiger charge is 2.46. The molecule has 3 aromatic carbocycles. The van der Waals surface area contributed by atoms with E-state index >= 15 is 4.39 Å². The van der Waals surface area contributed by atoms with Crippen molar-refractivity contribution in [2.45, 2.75) is 103 Å². The van der Waals surface area contributed by atoms with Gasteiger partial charge in [-0.15, -0.1) is 4.68 Å². The molecule has 416 valence electrons. The summed E-state index contributed by atoms with van der Waals surface area (Å²) in [6.07, 6.45) is 6.59. The zero-order valence-corrected chi connectivity index (χ0v) is 43.9. The Morgan fingerprint density at radius 1 is 0.974 bits per heavy atom. The van der Waals surface area contributed by atoms with Crippen molar-refractivity contribution < 1.29 is 59.4 Å². The number of amides is 1. The number of carbonyl (C=O) groups is 2. The number of halogens is 3. The number of ether oxygens (including phenoxy) is 4. The van der Waals surface area contributed by atoms with Gasteiger partial charge in [-0.2, -0.15) is 9.67 Å². The van der Waals surface area contributed by atoms with Crippen molar-refractivity contribution in [3.8, 4) is 11.4 Å². The van der Waals surface area contributed by atoms with Crippen LogP contribution in [-0.2, 0) is 37.8 Å². The number of nitrogens with two attached hydrogens (primary N) is 2. The van der Waals surface area contributed by atoms with Gasteiger partial charge in [0, 0.05) is 85.9 Å². The van der Waals surface area contributed by atoms with E-state index in [0.717, 1.165) is 50.0 Å². The lowest BCUT2D eigenvalue weighted by atomic mass is 9.87. The number of esters is 1. The molecule has 6 aromatic rings. The molecule has 0 spiro atoms. The van der Waals surface area contributed by atoms with Crippen molar-refractivity contribution in [1.82, 2.24) is 29.1 Å². The number of carbonyl (C=O) groups excluding carboxylic acids is 2. The SMILES string of the molecule is C.CC[C@@H]([C@H](C)O)n1ncn(-c2ccc(N3CCN(c4ccc(OC[C@@H]5CO[C@@](Cn6c[n+](C(C)OC(=O)N(C)c7ncccc7COC(=O)[C@@H](N)CCCCN)cn6)(c6ccc(F)cc6F)C5)cc4)CC3)cc2)c1=O.[Cl-]. The number of aliphatic hydroxyl groups is 1. The fraction of sp³-hybridized carbons (Fsp3) is 0.463. The van der Waals surface area contributed by atoms with Crippen LogP contribution in [0.4, 0.5) is 30.8 Å². The molecule has 1 amide bonds. The van der Waals surface area contributed by atoms with E-state index in [0.29, 0.717) is 49.2 Å². The first kappa shape index (κ1) is 59.3. The molecule has 20 nitrogen and oxygen atoms in total. The largest absolute Gasteiger partial charge is 1.00 e. The topological polar surface area (TPSA) is 227 Å². The van der Waals surface area contributed by atoms with Crippen LogP contribution in [0.1, 0.15) is 83.7 Å². The number of rotatable bonds is 22. The molecule has 8 rings (SSSR count). The van der Waals surface area contributed by atoms with Crippen LogP contribution in [0, 0.1) is 17.6 Å². The average Bonchev–Trinajstić information content (AvgIpc) is 4.16. The summed E-state index contributed by atoms with van der Waals surface area (Å²) in [4.78, 5) is 49.3. The maximum absolute atomic E-state index is 15.7. The summed E-state index contributed by atoms with van der Waals surface area (Å²) in [6, 6.07) is 21.4. The Morgan fingerprint density at radius 2 is 1.65 bits per heavy atom. The van der Waals surface area contributed by atoms with Crippen LogP contribution in [0.25, 0.3) is 5.69 Å². The van der Waals surface area contributed by atoms with Gasteiger partial charge in [0.2, 0.25) is 12.6 Å². The number of nitrogens with zero attached hydrogens (tertiary/aromatic N) is 10. The Bertz CT molecular complexity index is 2920. The Morgan fingerprint density at radius 3 is 2.30 bits per heavy atom. The highest BCUT2D eigenvalue weighted by molar-refractivity contribution is 5.86. The fourth-order valence-electron chi connectivity index (χ4n) is 9.63. The van der Waals surface area contributed by atoms with Gasteiger partial charge < -0.3 is 57.7 Å². The zero-order chi connectivity index (χ0) is 53.2. The van der Waals surface area contributed by atoms with E-state index < -0.39 is 53.7 Å². The molecule has 23 heteroatoms. The Labute approximate surface area is 453 Å². The molecule has 2 aliphatic heterocycles. The molecule has 2 fully saturated rings. The standard InChI is InChI=1S/C53H67F2N12O8.CH4.ClH/c1-5-48(36(2)68)67-51(70)66(34-60-67)43-14-12-41(13-15-43)62-23-25-63(26-24-62)42-16-18-44(19-17-42)72-29-38-28-53(74-30-38,45-20-11-40(54)27-46(45)55)32-65-35-64(33-59-65)37(3)75-52(71)61(4)49-39(9-8-22-58-49)31-73-50(69)47(57)10-6-7-21-56;;/h8-9,11-20,22,27,33-38,47-48,68H,5-7,10,21,23-26,28-32,56-57H2,1-4H3;1H4;1H/q+1;;/p-1/t36-,37?,38+,47-,48-,53-;;/m0../s1. The molecule has 77 heavy (non-hydrogen) atoms. The van der Waals surface area contributed by atoms with Gasteiger partial charge in [-0.1, -0.05) is 32.9 Å². The lowest BCUT2D eigenvalue weighted by Crippen LogP contribution is -3.00. The van der Waals surface area contributed by atoms with Gasteiger partial charge in [0.05, 0.1) is 31.0 Å². The summed E-state index contributed by atoms with van der Waals surface area (Å²) >= 11 is 0. The van der Waals surface area contributed by atoms with Gasteiger partial charge in [-0.25, -0.2) is 32.6 Å². The van der Waals surface area contributed by atoms with Crippen LogP contribution in [0.3, 0.4) is 0 Å². The number of aliphatic hydroxyl groups excluding tert-OH is 1. The first-order chi connectivity index (χ1) is 36.2. The summed E-state index contributed by atoms with van der Waals surface area (Å²) in [5.74, 6) is -1.29. The van der Waals surface area contributed by atoms with E-state index in [1.807, 2.05) is 55.5 Å². The van der Waals surface area contributed by atoms with Gasteiger partial charge in [0.15, 0.2) is 0 Å². The summed E-state index contributed by atoms with van der Waals surface area (Å²) in [5, 5.41) is 18.9. The smallest absolute Gasteiger partial charge is 0.418 e. The number of unbranched alkanes of at least 4 members (excludes halogenated alkanes) is 1. The summed E-state index contributed by atoms with van der Waals surface area (Å²) < 4.78 is 59.8. The molecule has 3 aromatic heterocycles. The number of anilines is 3. The maximum Gasteiger partial charge on any atom is 0.418 e. The molecule has 1 unspecified atom stereocenters. The van der Waals surface area contributed by atoms with E-state index in [1.165, 1.54) is 52.2 Å². The van der Waals surface area contributed by atoms with Crippen LogP contribution in [0.2, 0.25) is 0 Å². The molecule has 0 bridgehead atoms. The van der Waals surface area contributed by atoms with Crippen LogP contribution >= 0.6 is 0 Å². The molecular weight excluding hydrogens is 1020 g/mol. The average molecular weight is 1090 g/mol. The second-order valence-electron chi connectivity index (χ2n) is 19.2. The van der Waals surface area contributed by atoms with Crippen molar-refractivity contribution >= 4 is 29.3 Å². The third kappa shape index (κ3) is 14.1. The third-order valence-corrected chi connectivity index (χ3v) is 13.9. The van der Waals surface area contributed by atoms with E-state index in [2.05, 4.69) is 25.0 Å². The summed E-state index contributed by atoms with van der Waals surface area (Å²) in [7, 11) is 1.49. The highest BCUT2D eigenvalue weighted by Crippen LogP contribution is 2.42. The minimum absolute atomic E-state index is 0. The van der Waals surface area contributed by atoms with Gasteiger partial charge >= 0.3 is 17.8 Å². The first-order valence-corrected chi connectivity index (χ1v) is 25.4. The van der Waals surface area contributed by atoms with Crippen LogP contribution in [0.15, 0.2) is 109 Å². The zero-order valence-electron chi connectivity index (χ0n) is 43.2. The summed E-state index contributed by atoms with van der Waals surface area (Å²) in [5.41, 5.74) is 13.5. The predicted octanol–water partition coefficient (Wildman–Crippen LogP) is 2.79. The van der Waals surface area contributed by atoms with Gasteiger partial charge in [-0.3, -0.25) is 9.69 Å². The second kappa shape index (κ2) is 26.9. The number of piperazine rings is 1. The number of hydrogen-bond donors (Lipinski definition) is 3. The Kier molecular flexibility index (Phi) is 20.7. The molecule has 5 heterocycles. The van der Waals surface area contributed by atoms with E-state index in [4.69, 9.17) is 30.4 Å². The van der Waals surface area contributed by atoms with Gasteiger partial charge in [-0.05, 0) is 99.8 Å². The molecule has 2 saturated heterocycles. The van der Waals surface area contributed by atoms with Gasteiger partial charge in [0.1, 0.15) is 54.3 Å². The van der Waals surface area contributed by atoms with Crippen molar-refractivity contribution in [2.24, 2.45) is 17.4 Å². The predicted molar refractivity (Wildman–Crippen MR) is 281 cm³/mol. The first-order valence-electron chi connectivity index (χ1n) is 25.4. The third-order valence-electron chi connectivity index (χ3n) is 13.9. The molecule has 0 aliphatic carbocycles. The molecular formula is C54H71ClF2N12O8. The van der Waals surface area contributed by atoms with Crippen LogP contribution in [-0.4, -0.2) is 111 Å². The van der Waals surface area contributed by atoms with Crippen molar-refractivity contribution in [3.05, 3.63) is 137 Å². The Balaban J connectivity index is 0.00000480. The second-order valence-corrected chi connectivity index (χ2v) is 19.2. The number of hydrogen-bond acceptors (Lipinski definition) is 15. The molecule has 2 aliphatic rings. The Hall–Kier alpha value is -6.98. The highest BCUT2D eigenvalue weighted by atomic mass is 35.5. The van der Waals surface area contributed by atoms with Crippen molar-refractivity contribution in [3.63, 3.8) is 0 Å². The minimum Gasteiger partial charge on any atom is -1.00 e. The van der Waals surface area contributed by atoms with E-state index in [-0.39, 0.29) is 69.2 Å². The van der Waals surface area contributed by atoms with Crippen molar-refractivity contribution in [1.29, 1.82) is 0 Å².